The Labute approximate surface area is 244 Å². The normalized spacial score (nSPS) is 16.3. The Kier molecular flexibility index (Phi) is 7.76. The van der Waals surface area contributed by atoms with Gasteiger partial charge in [0.05, 0.1) is 43.2 Å². The fraction of sp³-hybridized carbons (Fsp3) is 0.226. The van der Waals surface area contributed by atoms with Gasteiger partial charge in [-0.05, 0) is 92.3 Å². The third-order valence-corrected chi connectivity index (χ3v) is 7.52. The van der Waals surface area contributed by atoms with E-state index in [2.05, 4.69) is 38.1 Å². The number of amides is 1. The van der Waals surface area contributed by atoms with E-state index in [9.17, 15) is 9.59 Å². The second-order valence-electron chi connectivity index (χ2n) is 9.76. The van der Waals surface area contributed by atoms with Crippen molar-refractivity contribution < 1.29 is 19.1 Å². The lowest BCUT2D eigenvalue weighted by atomic mass is 9.96. The van der Waals surface area contributed by atoms with Crippen LogP contribution in [0.2, 0.25) is 0 Å². The highest BCUT2D eigenvalue weighted by atomic mass is 32.1. The Morgan fingerprint density at radius 1 is 1.00 bits per heavy atom. The monoisotopic (exact) mass is 569 g/mol. The molecule has 5 rings (SSSR count). The van der Waals surface area contributed by atoms with Crippen molar-refractivity contribution in [2.75, 3.05) is 24.4 Å². The van der Waals surface area contributed by atoms with Gasteiger partial charge in [0.1, 0.15) is 5.75 Å². The predicted molar refractivity (Wildman–Crippen MR) is 162 cm³/mol. The van der Waals surface area contributed by atoms with Gasteiger partial charge < -0.3 is 29.6 Å². The van der Waals surface area contributed by atoms with Crippen LogP contribution in [-0.2, 0) is 9.53 Å². The van der Waals surface area contributed by atoms with Crippen molar-refractivity contribution in [1.29, 1.82) is 0 Å². The molecule has 2 N–H and O–H groups in total. The van der Waals surface area contributed by atoms with Crippen molar-refractivity contribution in [2.45, 2.75) is 32.9 Å². The van der Waals surface area contributed by atoms with Gasteiger partial charge >= 0.3 is 5.97 Å². The zero-order valence-corrected chi connectivity index (χ0v) is 24.3. The van der Waals surface area contributed by atoms with Crippen LogP contribution in [0.1, 0.15) is 52.0 Å². The van der Waals surface area contributed by atoms with E-state index < -0.39 is 0 Å². The second-order valence-corrected chi connectivity index (χ2v) is 10.1. The molecule has 2 unspecified atom stereocenters. The van der Waals surface area contributed by atoms with Crippen LogP contribution in [-0.4, -0.2) is 40.8 Å². The number of benzene rings is 2. The lowest BCUT2D eigenvalue weighted by Gasteiger charge is -2.29. The molecule has 0 saturated carbocycles. The number of nitrogens with zero attached hydrogens (tertiary/aromatic N) is 3. The molecule has 2 aromatic carbocycles. The van der Waals surface area contributed by atoms with Crippen LogP contribution in [0.4, 0.5) is 11.4 Å². The first-order valence-electron chi connectivity index (χ1n) is 13.1. The minimum Gasteiger partial charge on any atom is -0.495 e. The van der Waals surface area contributed by atoms with Crippen LogP contribution < -0.4 is 20.3 Å². The molecular formula is C31H31N5O4S. The molecule has 1 aliphatic rings. The molecule has 1 saturated heterocycles. The van der Waals surface area contributed by atoms with Crippen LogP contribution in [0.3, 0.4) is 0 Å². The number of esters is 1. The molecule has 1 aliphatic heterocycles. The van der Waals surface area contributed by atoms with E-state index in [1.165, 1.54) is 14.0 Å². The van der Waals surface area contributed by atoms with Crippen LogP contribution in [0.15, 0.2) is 72.9 Å². The highest BCUT2D eigenvalue weighted by Gasteiger charge is 2.42. The first-order chi connectivity index (χ1) is 19.7. The van der Waals surface area contributed by atoms with Crippen molar-refractivity contribution in [3.05, 3.63) is 101 Å². The number of aromatic nitrogens is 2. The summed E-state index contributed by atoms with van der Waals surface area (Å²) in [5.41, 5.74) is 6.70. The Morgan fingerprint density at radius 3 is 2.37 bits per heavy atom. The van der Waals surface area contributed by atoms with Crippen LogP contribution >= 0.6 is 12.2 Å². The average molecular weight is 570 g/mol. The van der Waals surface area contributed by atoms with E-state index in [4.69, 9.17) is 21.7 Å². The molecule has 210 valence electrons. The molecule has 41 heavy (non-hydrogen) atoms. The van der Waals surface area contributed by atoms with E-state index >= 15 is 0 Å². The van der Waals surface area contributed by atoms with Gasteiger partial charge in [-0.15, -0.1) is 0 Å². The predicted octanol–water partition coefficient (Wildman–Crippen LogP) is 5.42. The van der Waals surface area contributed by atoms with Crippen LogP contribution in [0, 0.1) is 13.8 Å². The lowest BCUT2D eigenvalue weighted by molar-refractivity contribution is -0.114. The van der Waals surface area contributed by atoms with E-state index in [1.807, 2.05) is 55.5 Å². The van der Waals surface area contributed by atoms with Crippen molar-refractivity contribution in [1.82, 2.24) is 14.9 Å². The standard InChI is InChI=1S/C31H31N5O4S/c1-18-16-24(19(2)35(18)22-11-9-21(10-12-22)30(38)40-5)29-28(25-8-6-7-15-32-25)34-31(41)36(29)23-13-14-27(39-4)26(17-23)33-20(3)37/h6-17,28-29H,1-5H3,(H,33,37)(H,34,41). The van der Waals surface area contributed by atoms with Gasteiger partial charge in [-0.2, -0.15) is 0 Å². The minimum atomic E-state index is -0.379. The van der Waals surface area contributed by atoms with Crippen molar-refractivity contribution in [3.63, 3.8) is 0 Å². The van der Waals surface area contributed by atoms with Gasteiger partial charge in [-0.25, -0.2) is 4.79 Å². The first-order valence-corrected chi connectivity index (χ1v) is 13.5. The molecule has 9 nitrogen and oxygen atoms in total. The largest absolute Gasteiger partial charge is 0.495 e. The third-order valence-electron chi connectivity index (χ3n) is 7.21. The summed E-state index contributed by atoms with van der Waals surface area (Å²) < 4.78 is 12.5. The molecule has 1 amide bonds. The number of aryl methyl sites for hydroxylation is 1. The number of thiocarbonyl (C=S) groups is 1. The molecule has 0 radical (unpaired) electrons. The number of pyridine rings is 1. The molecule has 0 spiro atoms. The molecule has 2 atom stereocenters. The number of rotatable bonds is 7. The Hall–Kier alpha value is -4.70. The van der Waals surface area contributed by atoms with Crippen LogP contribution in [0.5, 0.6) is 5.75 Å². The van der Waals surface area contributed by atoms with Gasteiger partial charge in [0, 0.05) is 35.9 Å². The number of anilines is 2. The molecule has 4 aromatic rings. The highest BCUT2D eigenvalue weighted by Crippen LogP contribution is 2.45. The number of carbonyl (C=O) groups excluding carboxylic acids is 2. The van der Waals surface area contributed by atoms with Gasteiger partial charge in [-0.3, -0.25) is 9.78 Å². The summed E-state index contributed by atoms with van der Waals surface area (Å²) in [4.78, 5) is 30.6. The Balaban J connectivity index is 1.64. The molecule has 0 bridgehead atoms. The van der Waals surface area contributed by atoms with Gasteiger partial charge in [0.25, 0.3) is 0 Å². The van der Waals surface area contributed by atoms with E-state index in [1.54, 1.807) is 25.4 Å². The minimum absolute atomic E-state index is 0.202. The van der Waals surface area contributed by atoms with Gasteiger partial charge in [-0.1, -0.05) is 6.07 Å². The maximum atomic E-state index is 12.0. The fourth-order valence-corrected chi connectivity index (χ4v) is 5.78. The Morgan fingerprint density at radius 2 is 1.73 bits per heavy atom. The fourth-order valence-electron chi connectivity index (χ4n) is 5.43. The molecule has 0 aliphatic carbocycles. The molecular weight excluding hydrogens is 538 g/mol. The van der Waals surface area contributed by atoms with E-state index in [0.717, 1.165) is 34.0 Å². The zero-order chi connectivity index (χ0) is 29.3. The molecule has 2 aromatic heterocycles. The van der Waals surface area contributed by atoms with E-state index in [-0.39, 0.29) is 24.0 Å². The summed E-state index contributed by atoms with van der Waals surface area (Å²) in [5.74, 6) is -0.0311. The Bertz CT molecular complexity index is 1620. The SMILES string of the molecule is COC(=O)c1ccc(-n2c(C)cc(C3C(c4ccccn4)NC(=S)N3c3ccc(OC)c(NC(C)=O)c3)c2C)cc1. The second kappa shape index (κ2) is 11.4. The van der Waals surface area contributed by atoms with Crippen LogP contribution in [0.25, 0.3) is 5.69 Å². The topological polar surface area (TPSA) is 97.7 Å². The molecule has 1 fully saturated rings. The molecule has 3 heterocycles. The summed E-state index contributed by atoms with van der Waals surface area (Å²) in [6.07, 6.45) is 1.77. The summed E-state index contributed by atoms with van der Waals surface area (Å²) in [7, 11) is 2.93. The first kappa shape index (κ1) is 27.9. The summed E-state index contributed by atoms with van der Waals surface area (Å²) in [6.45, 7) is 5.58. The van der Waals surface area contributed by atoms with Crippen molar-refractivity contribution in [2.24, 2.45) is 0 Å². The summed E-state index contributed by atoms with van der Waals surface area (Å²) in [6, 6.07) is 20.4. The number of ether oxygens (including phenoxy) is 2. The average Bonchev–Trinajstić information content (AvgIpc) is 3.47. The maximum Gasteiger partial charge on any atom is 0.337 e. The molecule has 10 heteroatoms. The highest BCUT2D eigenvalue weighted by molar-refractivity contribution is 7.80. The quantitative estimate of drug-likeness (QED) is 0.225. The summed E-state index contributed by atoms with van der Waals surface area (Å²) in [5, 5.41) is 6.89. The summed E-state index contributed by atoms with van der Waals surface area (Å²) >= 11 is 5.91. The number of hydrogen-bond donors (Lipinski definition) is 2. The third kappa shape index (κ3) is 5.26. The number of nitrogens with one attached hydrogen (secondary N) is 2. The lowest BCUT2D eigenvalue weighted by Crippen LogP contribution is -2.29. The smallest absolute Gasteiger partial charge is 0.337 e. The van der Waals surface area contributed by atoms with Crippen molar-refractivity contribution >= 4 is 40.6 Å². The maximum absolute atomic E-state index is 12.0. The van der Waals surface area contributed by atoms with E-state index in [0.29, 0.717) is 22.1 Å². The number of methoxy groups -OCH3 is 2. The number of hydrogen-bond acceptors (Lipinski definition) is 6. The van der Waals surface area contributed by atoms with Gasteiger partial charge in [0.2, 0.25) is 5.91 Å². The van der Waals surface area contributed by atoms with Gasteiger partial charge in [0.15, 0.2) is 5.11 Å². The zero-order valence-electron chi connectivity index (χ0n) is 23.5. The van der Waals surface area contributed by atoms with Crippen molar-refractivity contribution in [3.8, 4) is 11.4 Å². The number of carbonyl (C=O) groups is 2.